The molecule has 1 heterocycles. The van der Waals surface area contributed by atoms with Crippen LogP contribution >= 0.6 is 12.4 Å². The van der Waals surface area contributed by atoms with Crippen LogP contribution in [0.25, 0.3) is 0 Å². The summed E-state index contributed by atoms with van der Waals surface area (Å²) in [5.41, 5.74) is 6.13. The number of nitrogens with two attached hydrogens (primary N) is 1. The molecule has 4 bridgehead atoms. The maximum absolute atomic E-state index is 13.3. The average Bonchev–Trinajstić information content (AvgIpc) is 2.45. The number of hydrogen-bond donors (Lipinski definition) is 1. The van der Waals surface area contributed by atoms with E-state index >= 15 is 0 Å². The molecular formula is C18H31ClN2O. The summed E-state index contributed by atoms with van der Waals surface area (Å²) in [7, 11) is 0. The summed E-state index contributed by atoms with van der Waals surface area (Å²) in [5.74, 6) is 3.58. The predicted octanol–water partition coefficient (Wildman–Crippen LogP) is 3.21. The normalized spacial score (nSPS) is 44.5. The van der Waals surface area contributed by atoms with E-state index in [9.17, 15) is 4.79 Å². The zero-order chi connectivity index (χ0) is 14.6. The molecule has 22 heavy (non-hydrogen) atoms. The van der Waals surface area contributed by atoms with Crippen molar-refractivity contribution in [3.8, 4) is 0 Å². The first-order chi connectivity index (χ1) is 10.1. The Morgan fingerprint density at radius 3 is 2.18 bits per heavy atom. The fourth-order valence-electron chi connectivity index (χ4n) is 6.33. The van der Waals surface area contributed by atoms with E-state index in [4.69, 9.17) is 5.73 Å². The maximum Gasteiger partial charge on any atom is 0.228 e. The number of halogens is 1. The molecule has 0 aromatic heterocycles. The van der Waals surface area contributed by atoms with Crippen LogP contribution in [0.3, 0.4) is 0 Å². The SMILES string of the molecule is CC(N)C1CCCN(C(=O)C23CC4CC(CC(C4)C2)C3)C1.Cl. The van der Waals surface area contributed by atoms with Gasteiger partial charge in [-0.3, -0.25) is 4.79 Å². The van der Waals surface area contributed by atoms with Crippen molar-refractivity contribution in [2.75, 3.05) is 13.1 Å². The minimum Gasteiger partial charge on any atom is -0.342 e. The fraction of sp³-hybridized carbons (Fsp3) is 0.944. The van der Waals surface area contributed by atoms with Crippen LogP contribution in [0.15, 0.2) is 0 Å². The van der Waals surface area contributed by atoms with Crippen LogP contribution in [-0.4, -0.2) is 29.9 Å². The van der Waals surface area contributed by atoms with E-state index in [1.807, 2.05) is 0 Å². The molecule has 126 valence electrons. The molecule has 1 aliphatic heterocycles. The third kappa shape index (κ3) is 2.69. The lowest BCUT2D eigenvalue weighted by Gasteiger charge is -2.57. The van der Waals surface area contributed by atoms with Gasteiger partial charge in [0, 0.05) is 19.1 Å². The molecule has 2 N–H and O–H groups in total. The highest BCUT2D eigenvalue weighted by atomic mass is 35.5. The fourth-order valence-corrected chi connectivity index (χ4v) is 6.33. The van der Waals surface area contributed by atoms with Crippen molar-refractivity contribution in [3.05, 3.63) is 0 Å². The van der Waals surface area contributed by atoms with E-state index in [-0.39, 0.29) is 23.9 Å². The quantitative estimate of drug-likeness (QED) is 0.847. The first-order valence-corrected chi connectivity index (χ1v) is 9.11. The lowest BCUT2D eigenvalue weighted by atomic mass is 9.49. The number of likely N-dealkylation sites (tertiary alicyclic amines) is 1. The molecule has 1 saturated heterocycles. The lowest BCUT2D eigenvalue weighted by Crippen LogP contribution is -2.56. The van der Waals surface area contributed by atoms with E-state index in [0.717, 1.165) is 37.3 Å². The molecule has 4 aliphatic carbocycles. The summed E-state index contributed by atoms with van der Waals surface area (Å²) in [6, 6.07) is 0.219. The second-order valence-electron chi connectivity index (χ2n) is 8.71. The van der Waals surface area contributed by atoms with E-state index in [2.05, 4.69) is 11.8 Å². The lowest BCUT2D eigenvalue weighted by molar-refractivity contribution is -0.159. The summed E-state index contributed by atoms with van der Waals surface area (Å²) >= 11 is 0. The van der Waals surface area contributed by atoms with Crippen LogP contribution < -0.4 is 5.73 Å². The molecule has 0 aromatic rings. The second-order valence-corrected chi connectivity index (χ2v) is 8.71. The van der Waals surface area contributed by atoms with Crippen LogP contribution in [-0.2, 0) is 4.79 Å². The van der Waals surface area contributed by atoms with Crippen molar-refractivity contribution in [1.29, 1.82) is 0 Å². The Morgan fingerprint density at radius 1 is 1.14 bits per heavy atom. The number of rotatable bonds is 2. The zero-order valence-corrected chi connectivity index (χ0v) is 14.6. The Bertz CT molecular complexity index is 402. The second kappa shape index (κ2) is 5.98. The average molecular weight is 327 g/mol. The molecule has 5 aliphatic rings. The Morgan fingerprint density at radius 2 is 1.68 bits per heavy atom. The van der Waals surface area contributed by atoms with Gasteiger partial charge in [0.1, 0.15) is 0 Å². The number of carbonyl (C=O) groups excluding carboxylic acids is 1. The molecule has 3 nitrogen and oxygen atoms in total. The van der Waals surface area contributed by atoms with Gasteiger partial charge in [-0.15, -0.1) is 12.4 Å². The number of hydrogen-bond acceptors (Lipinski definition) is 2. The van der Waals surface area contributed by atoms with Crippen molar-refractivity contribution >= 4 is 18.3 Å². The van der Waals surface area contributed by atoms with Crippen molar-refractivity contribution < 1.29 is 4.79 Å². The van der Waals surface area contributed by atoms with Crippen LogP contribution in [0.5, 0.6) is 0 Å². The topological polar surface area (TPSA) is 46.3 Å². The van der Waals surface area contributed by atoms with Crippen molar-refractivity contribution in [2.24, 2.45) is 34.8 Å². The molecule has 2 atom stereocenters. The molecule has 2 unspecified atom stereocenters. The number of carbonyl (C=O) groups is 1. The smallest absolute Gasteiger partial charge is 0.228 e. The molecule has 0 radical (unpaired) electrons. The van der Waals surface area contributed by atoms with E-state index in [0.29, 0.717) is 11.8 Å². The van der Waals surface area contributed by atoms with Gasteiger partial charge in [-0.1, -0.05) is 0 Å². The predicted molar refractivity (Wildman–Crippen MR) is 90.8 cm³/mol. The first kappa shape index (κ1) is 16.6. The Kier molecular flexibility index (Phi) is 4.50. The van der Waals surface area contributed by atoms with Gasteiger partial charge in [0.05, 0.1) is 5.41 Å². The Labute approximate surface area is 140 Å². The molecule has 5 fully saturated rings. The highest BCUT2D eigenvalue weighted by Gasteiger charge is 2.55. The number of nitrogens with zero attached hydrogens (tertiary/aromatic N) is 1. The molecular weight excluding hydrogens is 296 g/mol. The highest BCUT2D eigenvalue weighted by Crippen LogP contribution is 2.60. The molecule has 4 saturated carbocycles. The van der Waals surface area contributed by atoms with Crippen LogP contribution in [0.2, 0.25) is 0 Å². The van der Waals surface area contributed by atoms with E-state index in [1.54, 1.807) is 0 Å². The maximum atomic E-state index is 13.3. The van der Waals surface area contributed by atoms with Crippen LogP contribution in [0.1, 0.15) is 58.3 Å². The third-order valence-electron chi connectivity index (χ3n) is 6.98. The van der Waals surface area contributed by atoms with E-state index < -0.39 is 0 Å². The largest absolute Gasteiger partial charge is 0.342 e. The van der Waals surface area contributed by atoms with Gasteiger partial charge < -0.3 is 10.6 Å². The minimum absolute atomic E-state index is 0. The molecule has 4 heteroatoms. The number of amides is 1. The van der Waals surface area contributed by atoms with Gasteiger partial charge in [0.15, 0.2) is 0 Å². The Balaban J connectivity index is 0.00000144. The zero-order valence-electron chi connectivity index (χ0n) is 13.8. The number of piperidine rings is 1. The van der Waals surface area contributed by atoms with Gasteiger partial charge in [-0.25, -0.2) is 0 Å². The van der Waals surface area contributed by atoms with Gasteiger partial charge in [0.2, 0.25) is 5.91 Å². The first-order valence-electron chi connectivity index (χ1n) is 9.11. The third-order valence-corrected chi connectivity index (χ3v) is 6.98. The van der Waals surface area contributed by atoms with Gasteiger partial charge in [0.25, 0.3) is 0 Å². The summed E-state index contributed by atoms with van der Waals surface area (Å²) in [5, 5.41) is 0. The van der Waals surface area contributed by atoms with Crippen LogP contribution in [0.4, 0.5) is 0 Å². The summed E-state index contributed by atoms with van der Waals surface area (Å²) in [4.78, 5) is 15.5. The minimum atomic E-state index is 0. The molecule has 5 rings (SSSR count). The van der Waals surface area contributed by atoms with Crippen molar-refractivity contribution in [2.45, 2.75) is 64.3 Å². The van der Waals surface area contributed by atoms with Crippen molar-refractivity contribution in [3.63, 3.8) is 0 Å². The van der Waals surface area contributed by atoms with Crippen LogP contribution in [0, 0.1) is 29.1 Å². The monoisotopic (exact) mass is 326 g/mol. The van der Waals surface area contributed by atoms with E-state index in [1.165, 1.54) is 44.9 Å². The highest BCUT2D eigenvalue weighted by molar-refractivity contribution is 5.85. The standard InChI is InChI=1S/C18H30N2O.ClH/c1-12(19)16-3-2-4-20(11-16)17(21)18-8-13-5-14(9-18)7-15(6-13)10-18;/h12-16H,2-11,19H2,1H3;1H. The summed E-state index contributed by atoms with van der Waals surface area (Å²) < 4.78 is 0. The molecule has 1 amide bonds. The summed E-state index contributed by atoms with van der Waals surface area (Å²) in [6.45, 7) is 3.99. The van der Waals surface area contributed by atoms with Gasteiger partial charge in [-0.05, 0) is 82.0 Å². The van der Waals surface area contributed by atoms with Gasteiger partial charge in [-0.2, -0.15) is 0 Å². The van der Waals surface area contributed by atoms with Gasteiger partial charge >= 0.3 is 0 Å². The Hall–Kier alpha value is -0.280. The molecule has 0 aromatic carbocycles. The van der Waals surface area contributed by atoms with Crippen molar-refractivity contribution in [1.82, 2.24) is 4.90 Å². The summed E-state index contributed by atoms with van der Waals surface area (Å²) in [6.07, 6.45) is 10.1. The molecule has 0 spiro atoms.